The zero-order chi connectivity index (χ0) is 19.6. The van der Waals surface area contributed by atoms with Crippen molar-refractivity contribution < 1.29 is 18.3 Å². The van der Waals surface area contributed by atoms with Gasteiger partial charge in [0.25, 0.3) is 5.91 Å². The third kappa shape index (κ3) is 3.89. The summed E-state index contributed by atoms with van der Waals surface area (Å²) in [5, 5.41) is 7.95. The molecule has 0 aliphatic heterocycles. The average molecular weight is 374 g/mol. The number of para-hydroxylation sites is 1. The monoisotopic (exact) mass is 374 g/mol. The van der Waals surface area contributed by atoms with Crippen LogP contribution in [0.5, 0.6) is 5.75 Å². The summed E-state index contributed by atoms with van der Waals surface area (Å²) in [5.41, 5.74) is 2.34. The summed E-state index contributed by atoms with van der Waals surface area (Å²) in [6.45, 7) is 0.773. The number of hydrogen-bond acceptors (Lipinski definition) is 4. The maximum absolute atomic E-state index is 12.7. The molecule has 0 spiro atoms. The molecular formula is C19H20F2N4O2. The van der Waals surface area contributed by atoms with Crippen molar-refractivity contribution in [1.82, 2.24) is 20.1 Å². The third-order valence-electron chi connectivity index (χ3n) is 4.35. The Hall–Kier alpha value is -3.03. The second-order valence-electron chi connectivity index (χ2n) is 6.15. The number of alkyl halides is 2. The van der Waals surface area contributed by atoms with Crippen molar-refractivity contribution in [2.75, 3.05) is 0 Å². The van der Waals surface area contributed by atoms with E-state index in [0.717, 1.165) is 11.1 Å². The van der Waals surface area contributed by atoms with Gasteiger partial charge in [-0.2, -0.15) is 13.9 Å². The van der Waals surface area contributed by atoms with Gasteiger partial charge in [-0.15, -0.1) is 0 Å². The van der Waals surface area contributed by atoms with Crippen molar-refractivity contribution in [2.24, 2.45) is 7.05 Å². The standard InChI is InChI=1S/C19H20F2N4O2/c1-4-15(13-7-5-6-8-16(13)27-19(20)21)23-18(26)12-9-14-11(2)24-25(3)17(14)22-10-12/h5-10,15,19H,4H2,1-3H3,(H,23,26). The van der Waals surface area contributed by atoms with Crippen molar-refractivity contribution in [3.05, 3.63) is 53.3 Å². The number of fused-ring (bicyclic) bond motifs is 1. The van der Waals surface area contributed by atoms with Crippen LogP contribution >= 0.6 is 0 Å². The van der Waals surface area contributed by atoms with E-state index in [9.17, 15) is 13.6 Å². The van der Waals surface area contributed by atoms with E-state index in [1.807, 2.05) is 13.8 Å². The molecule has 0 aliphatic carbocycles. The topological polar surface area (TPSA) is 69.0 Å². The fourth-order valence-electron chi connectivity index (χ4n) is 3.05. The molecule has 1 atom stereocenters. The highest BCUT2D eigenvalue weighted by molar-refractivity contribution is 5.97. The Morgan fingerprint density at radius 2 is 2.07 bits per heavy atom. The summed E-state index contributed by atoms with van der Waals surface area (Å²) < 4.78 is 31.6. The maximum atomic E-state index is 12.7. The van der Waals surface area contributed by atoms with Crippen LogP contribution in [0.15, 0.2) is 36.5 Å². The molecule has 0 saturated heterocycles. The van der Waals surface area contributed by atoms with Gasteiger partial charge in [0, 0.05) is 24.2 Å². The lowest BCUT2D eigenvalue weighted by molar-refractivity contribution is -0.0506. The molecule has 1 aromatic carbocycles. The molecule has 1 N–H and O–H groups in total. The van der Waals surface area contributed by atoms with Crippen LogP contribution in [0.4, 0.5) is 8.78 Å². The Morgan fingerprint density at radius 1 is 1.33 bits per heavy atom. The number of hydrogen-bond donors (Lipinski definition) is 1. The normalized spacial score (nSPS) is 12.4. The van der Waals surface area contributed by atoms with Crippen LogP contribution in [0.3, 0.4) is 0 Å². The second kappa shape index (κ2) is 7.69. The van der Waals surface area contributed by atoms with Gasteiger partial charge in [-0.1, -0.05) is 25.1 Å². The number of amides is 1. The SMILES string of the molecule is CCC(NC(=O)c1cnc2c(c1)c(C)nn2C)c1ccccc1OC(F)F. The highest BCUT2D eigenvalue weighted by atomic mass is 19.3. The van der Waals surface area contributed by atoms with Gasteiger partial charge < -0.3 is 10.1 Å². The first-order valence-corrected chi connectivity index (χ1v) is 8.54. The first-order valence-electron chi connectivity index (χ1n) is 8.54. The van der Waals surface area contributed by atoms with Crippen molar-refractivity contribution in [3.8, 4) is 5.75 Å². The lowest BCUT2D eigenvalue weighted by atomic mass is 10.0. The smallest absolute Gasteiger partial charge is 0.387 e. The summed E-state index contributed by atoms with van der Waals surface area (Å²) >= 11 is 0. The van der Waals surface area contributed by atoms with E-state index in [1.54, 1.807) is 36.0 Å². The lowest BCUT2D eigenvalue weighted by Crippen LogP contribution is -2.28. The summed E-state index contributed by atoms with van der Waals surface area (Å²) in [7, 11) is 1.79. The van der Waals surface area contributed by atoms with Crippen LogP contribution in [0.25, 0.3) is 11.0 Å². The quantitative estimate of drug-likeness (QED) is 0.713. The molecule has 142 valence electrons. The van der Waals surface area contributed by atoms with Crippen LogP contribution in [0.1, 0.15) is 41.0 Å². The summed E-state index contributed by atoms with van der Waals surface area (Å²) in [4.78, 5) is 17.0. The number of nitrogens with zero attached hydrogens (tertiary/aromatic N) is 3. The zero-order valence-corrected chi connectivity index (χ0v) is 15.2. The first kappa shape index (κ1) is 18.8. The predicted molar refractivity (Wildman–Crippen MR) is 96.8 cm³/mol. The molecule has 3 rings (SSSR count). The van der Waals surface area contributed by atoms with E-state index >= 15 is 0 Å². The van der Waals surface area contributed by atoms with Gasteiger partial charge in [0.05, 0.1) is 17.3 Å². The molecular weight excluding hydrogens is 354 g/mol. The average Bonchev–Trinajstić information content (AvgIpc) is 2.93. The van der Waals surface area contributed by atoms with E-state index < -0.39 is 12.7 Å². The highest BCUT2D eigenvalue weighted by Gasteiger charge is 2.20. The summed E-state index contributed by atoms with van der Waals surface area (Å²) in [6, 6.07) is 7.71. The Bertz CT molecular complexity index is 971. The van der Waals surface area contributed by atoms with Gasteiger partial charge in [0.1, 0.15) is 5.75 Å². The van der Waals surface area contributed by atoms with Crippen molar-refractivity contribution >= 4 is 16.9 Å². The van der Waals surface area contributed by atoms with Crippen LogP contribution in [-0.2, 0) is 7.05 Å². The number of benzene rings is 1. The van der Waals surface area contributed by atoms with E-state index in [-0.39, 0.29) is 11.7 Å². The molecule has 2 heterocycles. The zero-order valence-electron chi connectivity index (χ0n) is 15.2. The maximum Gasteiger partial charge on any atom is 0.387 e. The number of carbonyl (C=O) groups excluding carboxylic acids is 1. The number of rotatable bonds is 6. The Kier molecular flexibility index (Phi) is 5.34. The number of halogens is 2. The van der Waals surface area contributed by atoms with Crippen LogP contribution in [0.2, 0.25) is 0 Å². The van der Waals surface area contributed by atoms with Gasteiger partial charge in [0.15, 0.2) is 5.65 Å². The molecule has 0 aliphatic rings. The van der Waals surface area contributed by atoms with Gasteiger partial charge in [-0.05, 0) is 25.5 Å². The van der Waals surface area contributed by atoms with Crippen molar-refractivity contribution in [2.45, 2.75) is 32.9 Å². The van der Waals surface area contributed by atoms with E-state index in [4.69, 9.17) is 0 Å². The molecule has 0 saturated carbocycles. The molecule has 3 aromatic rings. The van der Waals surface area contributed by atoms with Gasteiger partial charge in [-0.3, -0.25) is 9.48 Å². The predicted octanol–water partition coefficient (Wildman–Crippen LogP) is 3.76. The largest absolute Gasteiger partial charge is 0.434 e. The van der Waals surface area contributed by atoms with Crippen molar-refractivity contribution in [1.29, 1.82) is 0 Å². The second-order valence-corrected chi connectivity index (χ2v) is 6.15. The Morgan fingerprint density at radius 3 is 2.78 bits per heavy atom. The lowest BCUT2D eigenvalue weighted by Gasteiger charge is -2.20. The number of carbonyl (C=O) groups is 1. The van der Waals surface area contributed by atoms with Crippen LogP contribution < -0.4 is 10.1 Å². The van der Waals surface area contributed by atoms with Gasteiger partial charge >= 0.3 is 6.61 Å². The minimum absolute atomic E-state index is 0.0522. The fourth-order valence-corrected chi connectivity index (χ4v) is 3.05. The van der Waals surface area contributed by atoms with E-state index in [1.165, 1.54) is 12.3 Å². The minimum Gasteiger partial charge on any atom is -0.434 e. The van der Waals surface area contributed by atoms with Gasteiger partial charge in [-0.25, -0.2) is 4.98 Å². The van der Waals surface area contributed by atoms with Crippen LogP contribution in [-0.4, -0.2) is 27.3 Å². The molecule has 6 nitrogen and oxygen atoms in total. The summed E-state index contributed by atoms with van der Waals surface area (Å²) in [5.74, 6) is -0.289. The number of aromatic nitrogens is 3. The summed E-state index contributed by atoms with van der Waals surface area (Å²) in [6.07, 6.45) is 1.99. The molecule has 27 heavy (non-hydrogen) atoms. The number of pyridine rings is 1. The molecule has 8 heteroatoms. The third-order valence-corrected chi connectivity index (χ3v) is 4.35. The van der Waals surface area contributed by atoms with E-state index in [0.29, 0.717) is 23.2 Å². The molecule has 1 amide bonds. The molecule has 0 fully saturated rings. The minimum atomic E-state index is -2.93. The molecule has 2 aromatic heterocycles. The van der Waals surface area contributed by atoms with Crippen molar-refractivity contribution in [3.63, 3.8) is 0 Å². The fraction of sp³-hybridized carbons (Fsp3) is 0.316. The highest BCUT2D eigenvalue weighted by Crippen LogP contribution is 2.29. The van der Waals surface area contributed by atoms with Crippen LogP contribution in [0, 0.1) is 6.92 Å². The molecule has 0 radical (unpaired) electrons. The Balaban J connectivity index is 1.87. The van der Waals surface area contributed by atoms with Gasteiger partial charge in [0.2, 0.25) is 0 Å². The Labute approximate surface area is 155 Å². The number of nitrogens with one attached hydrogen (secondary N) is 1. The number of ether oxygens (including phenoxy) is 1. The molecule has 1 unspecified atom stereocenters. The molecule has 0 bridgehead atoms. The first-order chi connectivity index (χ1) is 12.9. The van der Waals surface area contributed by atoms with E-state index in [2.05, 4.69) is 20.1 Å². The number of aryl methyl sites for hydroxylation is 2.